The number of benzene rings is 2. The maximum Gasteiger partial charge on any atom is 0.224 e. The lowest BCUT2D eigenvalue weighted by Crippen LogP contribution is -2.34. The van der Waals surface area contributed by atoms with Crippen LogP contribution in [0.2, 0.25) is 0 Å². The van der Waals surface area contributed by atoms with Crippen molar-refractivity contribution < 1.29 is 9.00 Å². The van der Waals surface area contributed by atoms with Gasteiger partial charge in [-0.15, -0.1) is 0 Å². The Morgan fingerprint density at radius 3 is 2.64 bits per heavy atom. The van der Waals surface area contributed by atoms with Crippen molar-refractivity contribution in [1.82, 2.24) is 5.32 Å². The van der Waals surface area contributed by atoms with Gasteiger partial charge in [0.15, 0.2) is 0 Å². The van der Waals surface area contributed by atoms with Crippen LogP contribution in [0.15, 0.2) is 54.6 Å². The summed E-state index contributed by atoms with van der Waals surface area (Å²) in [6.45, 7) is 4.27. The molecule has 0 aliphatic carbocycles. The van der Waals surface area contributed by atoms with Gasteiger partial charge in [0.2, 0.25) is 5.91 Å². The fraction of sp³-hybridized carbons (Fsp3) is 0.435. The summed E-state index contributed by atoms with van der Waals surface area (Å²) in [7, 11) is -0.975. The summed E-state index contributed by atoms with van der Waals surface area (Å²) in [5.74, 6) is 2.04. The Balaban J connectivity index is 1.51. The zero-order valence-corrected chi connectivity index (χ0v) is 17.3. The van der Waals surface area contributed by atoms with E-state index in [-0.39, 0.29) is 5.91 Å². The fourth-order valence-corrected chi connectivity index (χ4v) is 4.99. The second kappa shape index (κ2) is 10.5. The number of carbonyl (C=O) groups excluding carboxylic acids is 1. The molecule has 4 nitrogen and oxygen atoms in total. The molecule has 0 bridgehead atoms. The van der Waals surface area contributed by atoms with E-state index in [4.69, 9.17) is 0 Å². The molecule has 1 heterocycles. The molecule has 3 atom stereocenters. The highest BCUT2D eigenvalue weighted by Crippen LogP contribution is 2.23. The van der Waals surface area contributed by atoms with Gasteiger partial charge in [0.1, 0.15) is 0 Å². The molecular weight excluding hydrogens is 368 g/mol. The van der Waals surface area contributed by atoms with Crippen LogP contribution in [0, 0.1) is 11.8 Å². The SMILES string of the molecule is CC(CC(=O)Nc1cccc(CS(=O)Cc2ccccc2)c1)C1CCCNC1. The third-order valence-electron chi connectivity index (χ3n) is 5.36. The standard InChI is InChI=1S/C23H30N2O2S/c1-18(21-10-6-12-24-15-21)13-23(26)25-22-11-5-9-20(14-22)17-28(27)16-19-7-3-2-4-8-19/h2-5,7-9,11,14,18,21,24H,6,10,12-13,15-17H2,1H3,(H,25,26). The van der Waals surface area contributed by atoms with Crippen LogP contribution >= 0.6 is 0 Å². The first-order chi connectivity index (χ1) is 13.6. The Hall–Kier alpha value is -1.98. The molecule has 2 aromatic carbocycles. The van der Waals surface area contributed by atoms with Gasteiger partial charge in [-0.2, -0.15) is 0 Å². The summed E-state index contributed by atoms with van der Waals surface area (Å²) in [6, 6.07) is 17.6. The van der Waals surface area contributed by atoms with Crippen molar-refractivity contribution in [2.24, 2.45) is 11.8 Å². The van der Waals surface area contributed by atoms with Crippen molar-refractivity contribution in [3.8, 4) is 0 Å². The molecule has 5 heteroatoms. The second-order valence-electron chi connectivity index (χ2n) is 7.75. The van der Waals surface area contributed by atoms with Crippen molar-refractivity contribution in [2.75, 3.05) is 18.4 Å². The molecule has 0 spiro atoms. The van der Waals surface area contributed by atoms with Gasteiger partial charge < -0.3 is 10.6 Å². The van der Waals surface area contributed by atoms with Crippen LogP contribution in [0.4, 0.5) is 5.69 Å². The molecule has 3 unspecified atom stereocenters. The lowest BCUT2D eigenvalue weighted by molar-refractivity contribution is -0.117. The summed E-state index contributed by atoms with van der Waals surface area (Å²) < 4.78 is 12.5. The quantitative estimate of drug-likeness (QED) is 0.704. The van der Waals surface area contributed by atoms with E-state index in [9.17, 15) is 9.00 Å². The van der Waals surface area contributed by atoms with E-state index in [2.05, 4.69) is 17.6 Å². The third-order valence-corrected chi connectivity index (χ3v) is 6.67. The Morgan fingerprint density at radius 1 is 1.14 bits per heavy atom. The van der Waals surface area contributed by atoms with E-state index < -0.39 is 10.8 Å². The minimum atomic E-state index is -0.975. The van der Waals surface area contributed by atoms with Crippen LogP contribution in [0.3, 0.4) is 0 Å². The molecule has 1 saturated heterocycles. The summed E-state index contributed by atoms with van der Waals surface area (Å²) in [4.78, 5) is 12.4. The van der Waals surface area contributed by atoms with E-state index in [1.54, 1.807) is 0 Å². The predicted molar refractivity (Wildman–Crippen MR) is 116 cm³/mol. The zero-order valence-electron chi connectivity index (χ0n) is 16.5. The Morgan fingerprint density at radius 2 is 1.89 bits per heavy atom. The molecule has 2 aromatic rings. The first-order valence-corrected chi connectivity index (χ1v) is 11.6. The van der Waals surface area contributed by atoms with Gasteiger partial charge in [0.25, 0.3) is 0 Å². The number of amides is 1. The van der Waals surface area contributed by atoms with Gasteiger partial charge in [0.05, 0.1) is 0 Å². The summed E-state index contributed by atoms with van der Waals surface area (Å²) in [5, 5.41) is 6.44. The van der Waals surface area contributed by atoms with E-state index in [1.807, 2.05) is 54.6 Å². The number of piperidine rings is 1. The van der Waals surface area contributed by atoms with Crippen molar-refractivity contribution in [1.29, 1.82) is 0 Å². The van der Waals surface area contributed by atoms with Gasteiger partial charge in [-0.25, -0.2) is 0 Å². The highest BCUT2D eigenvalue weighted by Gasteiger charge is 2.22. The van der Waals surface area contributed by atoms with Crippen LogP contribution in [0.5, 0.6) is 0 Å². The average Bonchev–Trinajstić information content (AvgIpc) is 2.69. The van der Waals surface area contributed by atoms with Crippen molar-refractivity contribution in [2.45, 2.75) is 37.7 Å². The molecule has 1 aliphatic heterocycles. The van der Waals surface area contributed by atoms with E-state index in [0.29, 0.717) is 29.8 Å². The molecule has 150 valence electrons. The van der Waals surface area contributed by atoms with Crippen LogP contribution < -0.4 is 10.6 Å². The smallest absolute Gasteiger partial charge is 0.224 e. The molecule has 3 rings (SSSR count). The van der Waals surface area contributed by atoms with Gasteiger partial charge in [0, 0.05) is 34.4 Å². The van der Waals surface area contributed by atoms with Crippen LogP contribution in [-0.2, 0) is 27.1 Å². The van der Waals surface area contributed by atoms with Crippen molar-refractivity contribution in [3.05, 3.63) is 65.7 Å². The highest BCUT2D eigenvalue weighted by atomic mass is 32.2. The van der Waals surface area contributed by atoms with Gasteiger partial charge in [-0.1, -0.05) is 49.4 Å². The van der Waals surface area contributed by atoms with Gasteiger partial charge >= 0.3 is 0 Å². The highest BCUT2D eigenvalue weighted by molar-refractivity contribution is 7.83. The molecule has 2 N–H and O–H groups in total. The first-order valence-electron chi connectivity index (χ1n) is 10.1. The van der Waals surface area contributed by atoms with E-state index in [0.717, 1.165) is 29.9 Å². The molecule has 1 amide bonds. The number of hydrogen-bond donors (Lipinski definition) is 2. The molecule has 0 saturated carbocycles. The molecule has 0 aromatic heterocycles. The maximum absolute atomic E-state index is 12.5. The normalized spacial score (nSPS) is 19.0. The second-order valence-corrected chi connectivity index (χ2v) is 9.21. The lowest BCUT2D eigenvalue weighted by Gasteiger charge is -2.28. The molecule has 1 fully saturated rings. The van der Waals surface area contributed by atoms with Crippen LogP contribution in [0.1, 0.15) is 37.3 Å². The number of nitrogens with one attached hydrogen (secondary N) is 2. The minimum absolute atomic E-state index is 0.0561. The molecule has 28 heavy (non-hydrogen) atoms. The topological polar surface area (TPSA) is 58.2 Å². The fourth-order valence-electron chi connectivity index (χ4n) is 3.77. The monoisotopic (exact) mass is 398 g/mol. The summed E-state index contributed by atoms with van der Waals surface area (Å²) in [6.07, 6.45) is 2.93. The number of rotatable bonds is 8. The van der Waals surface area contributed by atoms with Crippen LogP contribution in [0.25, 0.3) is 0 Å². The van der Waals surface area contributed by atoms with Crippen molar-refractivity contribution in [3.63, 3.8) is 0 Å². The Kier molecular flexibility index (Phi) is 7.80. The Labute approximate surface area is 170 Å². The minimum Gasteiger partial charge on any atom is -0.326 e. The summed E-state index contributed by atoms with van der Waals surface area (Å²) in [5.41, 5.74) is 2.85. The average molecular weight is 399 g/mol. The number of hydrogen-bond acceptors (Lipinski definition) is 3. The number of carbonyl (C=O) groups is 1. The number of anilines is 1. The lowest BCUT2D eigenvalue weighted by atomic mass is 9.85. The van der Waals surface area contributed by atoms with Crippen LogP contribution in [-0.4, -0.2) is 23.2 Å². The van der Waals surface area contributed by atoms with Gasteiger partial charge in [-0.05, 0) is 61.0 Å². The maximum atomic E-state index is 12.5. The van der Waals surface area contributed by atoms with E-state index in [1.165, 1.54) is 12.8 Å². The van der Waals surface area contributed by atoms with Crippen molar-refractivity contribution >= 4 is 22.4 Å². The largest absolute Gasteiger partial charge is 0.326 e. The van der Waals surface area contributed by atoms with Gasteiger partial charge in [-0.3, -0.25) is 9.00 Å². The third kappa shape index (κ3) is 6.57. The summed E-state index contributed by atoms with van der Waals surface area (Å²) >= 11 is 0. The first kappa shape index (κ1) is 20.7. The predicted octanol–water partition coefficient (Wildman–Crippen LogP) is 4.10. The molecule has 0 radical (unpaired) electrons. The zero-order chi connectivity index (χ0) is 19.8. The Bertz CT molecular complexity index is 788. The van der Waals surface area contributed by atoms with E-state index >= 15 is 0 Å². The molecular formula is C23H30N2O2S. The molecule has 1 aliphatic rings.